The molecule has 0 aromatic rings. The van der Waals surface area contributed by atoms with E-state index in [-0.39, 0.29) is 10.7 Å². The predicted octanol–water partition coefficient (Wildman–Crippen LogP) is 1.18. The Morgan fingerprint density at radius 2 is 2.14 bits per heavy atom. The van der Waals surface area contributed by atoms with E-state index >= 15 is 0 Å². The number of carbonyl (C=O) groups excluding carboxylic acids is 1. The van der Waals surface area contributed by atoms with E-state index in [0.717, 1.165) is 0 Å². The average Bonchev–Trinajstić information content (AvgIpc) is 1.65. The van der Waals surface area contributed by atoms with Crippen LogP contribution >= 0.6 is 12.6 Å². The van der Waals surface area contributed by atoms with Crippen LogP contribution in [0, 0.1) is 0 Å². The van der Waals surface area contributed by atoms with Gasteiger partial charge in [-0.3, -0.25) is 4.79 Å². The molecule has 0 bridgehead atoms. The van der Waals surface area contributed by atoms with Gasteiger partial charge in [0.05, 0.1) is 0 Å². The van der Waals surface area contributed by atoms with E-state index in [4.69, 9.17) is 0 Å². The molecule has 7 heavy (non-hydrogen) atoms. The molecule has 0 unspecified atom stereocenters. The lowest BCUT2D eigenvalue weighted by Gasteiger charge is -1.82. The van der Waals surface area contributed by atoms with Crippen molar-refractivity contribution in [1.82, 2.24) is 0 Å². The van der Waals surface area contributed by atoms with Crippen LogP contribution in [0.15, 0.2) is 24.1 Å². The van der Waals surface area contributed by atoms with Gasteiger partial charge in [-0.2, -0.15) is 0 Å². The molecule has 0 fully saturated rings. The molecule has 0 aliphatic carbocycles. The van der Waals surface area contributed by atoms with E-state index in [9.17, 15) is 4.79 Å². The van der Waals surface area contributed by atoms with Crippen molar-refractivity contribution in [1.29, 1.82) is 0 Å². The monoisotopic (exact) mass is 114 g/mol. The Hall–Kier alpha value is -0.500. The molecule has 0 radical (unpaired) electrons. The summed E-state index contributed by atoms with van der Waals surface area (Å²) in [6.07, 6.45) is 1.18. The lowest BCUT2D eigenvalue weighted by atomic mass is 10.4. The predicted molar refractivity (Wildman–Crippen MR) is 33.3 cm³/mol. The minimum Gasteiger partial charge on any atom is -0.289 e. The molecule has 38 valence electrons. The second-order valence-corrected chi connectivity index (χ2v) is 1.55. The molecule has 0 aliphatic rings. The number of carbonyl (C=O) groups is 1. The molecule has 0 atom stereocenters. The Balaban J connectivity index is 3.81. The van der Waals surface area contributed by atoms with Gasteiger partial charge in [0.15, 0.2) is 5.78 Å². The first-order valence-corrected chi connectivity index (χ1v) is 2.18. The third kappa shape index (κ3) is 2.23. The topological polar surface area (TPSA) is 17.1 Å². The van der Waals surface area contributed by atoms with Crippen molar-refractivity contribution >= 4 is 18.4 Å². The lowest BCUT2D eigenvalue weighted by molar-refractivity contribution is -0.110. The molecular weight excluding hydrogens is 108 g/mol. The molecule has 0 spiro atoms. The highest BCUT2D eigenvalue weighted by molar-refractivity contribution is 7.85. The number of thiol groups is 1. The maximum atomic E-state index is 10.2. The van der Waals surface area contributed by atoms with Crippen LogP contribution in [0.2, 0.25) is 0 Å². The Bertz CT molecular complexity index is 115. The second-order valence-electron chi connectivity index (χ2n) is 1.02. The molecule has 0 saturated heterocycles. The largest absolute Gasteiger partial charge is 0.289 e. The first-order valence-electron chi connectivity index (χ1n) is 1.73. The van der Waals surface area contributed by atoms with Gasteiger partial charge in [-0.1, -0.05) is 13.2 Å². The zero-order valence-electron chi connectivity index (χ0n) is 3.85. The van der Waals surface area contributed by atoms with Gasteiger partial charge in [-0.15, -0.1) is 12.6 Å². The number of hydrogen-bond acceptors (Lipinski definition) is 2. The van der Waals surface area contributed by atoms with Crippen LogP contribution in [0.3, 0.4) is 0 Å². The lowest BCUT2D eigenvalue weighted by Crippen LogP contribution is -1.86. The van der Waals surface area contributed by atoms with Crippen molar-refractivity contribution in [3.05, 3.63) is 24.1 Å². The average molecular weight is 114 g/mol. The fraction of sp³-hybridized carbons (Fsp3) is 0. The van der Waals surface area contributed by atoms with Crippen molar-refractivity contribution in [3.8, 4) is 0 Å². The van der Waals surface area contributed by atoms with Crippen LogP contribution in [-0.2, 0) is 4.79 Å². The standard InChI is InChI=1S/C5H6OS/c1-3-5(6)4(2)7/h3,7H,1-2H2. The summed E-state index contributed by atoms with van der Waals surface area (Å²) in [5, 5.41) is 0. The Kier molecular flexibility index (Phi) is 2.45. The molecule has 2 heteroatoms. The van der Waals surface area contributed by atoms with E-state index in [1.165, 1.54) is 6.08 Å². The van der Waals surface area contributed by atoms with Gasteiger partial charge in [0.1, 0.15) is 0 Å². The SMILES string of the molecule is C=CC(=O)C(=C)S. The van der Waals surface area contributed by atoms with Crippen molar-refractivity contribution in [2.45, 2.75) is 0 Å². The van der Waals surface area contributed by atoms with E-state index < -0.39 is 0 Å². The third-order valence-electron chi connectivity index (χ3n) is 0.470. The van der Waals surface area contributed by atoms with Crippen LogP contribution < -0.4 is 0 Å². The Morgan fingerprint density at radius 1 is 1.71 bits per heavy atom. The maximum absolute atomic E-state index is 10.2. The number of rotatable bonds is 2. The summed E-state index contributed by atoms with van der Waals surface area (Å²) in [6, 6.07) is 0. The van der Waals surface area contributed by atoms with Crippen LogP contribution in [-0.4, -0.2) is 5.78 Å². The molecule has 0 aliphatic heterocycles. The molecule has 0 amide bonds. The highest BCUT2D eigenvalue weighted by Gasteiger charge is 1.91. The highest BCUT2D eigenvalue weighted by Crippen LogP contribution is 1.95. The van der Waals surface area contributed by atoms with Gasteiger partial charge in [0.2, 0.25) is 0 Å². The van der Waals surface area contributed by atoms with Gasteiger partial charge in [0, 0.05) is 4.91 Å². The summed E-state index contributed by atoms with van der Waals surface area (Å²) in [6.45, 7) is 6.49. The number of ketones is 1. The van der Waals surface area contributed by atoms with Gasteiger partial charge >= 0.3 is 0 Å². The normalized spacial score (nSPS) is 7.57. The molecule has 0 rings (SSSR count). The van der Waals surface area contributed by atoms with Crippen LogP contribution in [0.4, 0.5) is 0 Å². The zero-order chi connectivity index (χ0) is 5.86. The van der Waals surface area contributed by atoms with Crippen molar-refractivity contribution in [2.24, 2.45) is 0 Å². The first-order chi connectivity index (χ1) is 3.18. The van der Waals surface area contributed by atoms with Gasteiger partial charge in [0.25, 0.3) is 0 Å². The molecular formula is C5H6OS. The molecule has 1 nitrogen and oxygen atoms in total. The van der Waals surface area contributed by atoms with E-state index in [0.29, 0.717) is 0 Å². The van der Waals surface area contributed by atoms with Crippen molar-refractivity contribution in [3.63, 3.8) is 0 Å². The highest BCUT2D eigenvalue weighted by atomic mass is 32.1. The number of hydrogen-bond donors (Lipinski definition) is 1. The zero-order valence-corrected chi connectivity index (χ0v) is 4.74. The Morgan fingerprint density at radius 3 is 2.14 bits per heavy atom. The smallest absolute Gasteiger partial charge is 0.190 e. The molecule has 0 aromatic heterocycles. The molecule has 0 aromatic carbocycles. The number of allylic oxidation sites excluding steroid dienone is 2. The summed E-state index contributed by atoms with van der Waals surface area (Å²) in [4.78, 5) is 10.4. The minimum atomic E-state index is -0.219. The first kappa shape index (κ1) is 6.50. The van der Waals surface area contributed by atoms with E-state index in [1.54, 1.807) is 0 Å². The molecule has 0 N–H and O–H groups in total. The quantitative estimate of drug-likeness (QED) is 0.421. The van der Waals surface area contributed by atoms with Gasteiger partial charge in [-0.25, -0.2) is 0 Å². The summed E-state index contributed by atoms with van der Waals surface area (Å²) < 4.78 is 0. The van der Waals surface area contributed by atoms with Crippen molar-refractivity contribution < 1.29 is 4.79 Å². The van der Waals surface area contributed by atoms with E-state index in [1.807, 2.05) is 0 Å². The molecule has 0 heterocycles. The summed E-state index contributed by atoms with van der Waals surface area (Å²) in [5.74, 6) is -0.219. The maximum Gasteiger partial charge on any atom is 0.190 e. The Labute approximate surface area is 48.1 Å². The van der Waals surface area contributed by atoms with Crippen LogP contribution in [0.5, 0.6) is 0 Å². The van der Waals surface area contributed by atoms with Crippen LogP contribution in [0.25, 0.3) is 0 Å². The van der Waals surface area contributed by atoms with Gasteiger partial charge in [-0.05, 0) is 6.08 Å². The summed E-state index contributed by atoms with van der Waals surface area (Å²) in [5.41, 5.74) is 0. The van der Waals surface area contributed by atoms with Crippen molar-refractivity contribution in [2.75, 3.05) is 0 Å². The summed E-state index contributed by atoms with van der Waals surface area (Å²) in [7, 11) is 0. The second kappa shape index (κ2) is 2.64. The summed E-state index contributed by atoms with van der Waals surface area (Å²) >= 11 is 3.66. The molecule has 0 saturated carbocycles. The van der Waals surface area contributed by atoms with Gasteiger partial charge < -0.3 is 0 Å². The minimum absolute atomic E-state index is 0.219. The third-order valence-corrected chi connectivity index (χ3v) is 0.690. The fourth-order valence-corrected chi connectivity index (χ4v) is 0.209. The fourth-order valence-electron chi connectivity index (χ4n) is 0.118. The van der Waals surface area contributed by atoms with E-state index in [2.05, 4.69) is 25.8 Å². The van der Waals surface area contributed by atoms with Crippen LogP contribution in [0.1, 0.15) is 0 Å².